The van der Waals surface area contributed by atoms with Gasteiger partial charge in [-0.3, -0.25) is 9.59 Å². The molecule has 0 bridgehead atoms. The zero-order valence-corrected chi connectivity index (χ0v) is 19.8. The van der Waals surface area contributed by atoms with Crippen LogP contribution in [0.15, 0.2) is 29.3 Å². The number of amides is 2. The number of guanidine groups is 1. The molecule has 172 valence electrons. The third-order valence-corrected chi connectivity index (χ3v) is 6.03. The summed E-state index contributed by atoms with van der Waals surface area (Å²) in [5, 5.41) is 6.67. The second-order valence-electron chi connectivity index (χ2n) is 8.41. The van der Waals surface area contributed by atoms with Crippen molar-refractivity contribution in [3.63, 3.8) is 0 Å². The number of hydrogen-bond acceptors (Lipinski definition) is 3. The number of benzene rings is 1. The van der Waals surface area contributed by atoms with Crippen molar-refractivity contribution in [2.24, 2.45) is 10.4 Å². The fourth-order valence-electron chi connectivity index (χ4n) is 4.20. The van der Waals surface area contributed by atoms with Crippen LogP contribution in [-0.2, 0) is 11.3 Å². The molecule has 1 aliphatic carbocycles. The topological polar surface area (TPSA) is 77.0 Å². The van der Waals surface area contributed by atoms with Gasteiger partial charge in [0.15, 0.2) is 5.96 Å². The van der Waals surface area contributed by atoms with Gasteiger partial charge < -0.3 is 20.4 Å². The Morgan fingerprint density at radius 1 is 1.00 bits per heavy atom. The van der Waals surface area contributed by atoms with E-state index in [2.05, 4.69) is 10.6 Å². The van der Waals surface area contributed by atoms with Gasteiger partial charge in [0.05, 0.1) is 12.0 Å². The first-order valence-electron chi connectivity index (χ1n) is 11.5. The number of aliphatic imine (C=N–C) groups is 1. The van der Waals surface area contributed by atoms with Crippen molar-refractivity contribution in [1.29, 1.82) is 0 Å². The van der Waals surface area contributed by atoms with Crippen LogP contribution >= 0.6 is 0 Å². The quantitative estimate of drug-likeness (QED) is 0.467. The number of nitrogens with zero attached hydrogens (tertiary/aromatic N) is 3. The van der Waals surface area contributed by atoms with E-state index in [0.29, 0.717) is 37.7 Å². The van der Waals surface area contributed by atoms with E-state index < -0.39 is 0 Å². The summed E-state index contributed by atoms with van der Waals surface area (Å²) >= 11 is 0. The van der Waals surface area contributed by atoms with E-state index in [1.807, 2.05) is 64.0 Å². The van der Waals surface area contributed by atoms with Crippen LogP contribution in [0.5, 0.6) is 0 Å². The summed E-state index contributed by atoms with van der Waals surface area (Å²) in [6.45, 7) is 9.26. The standard InChI is InChI=1S/C24H39N5O2/c1-6-25-23(27-18-24(15-9-10-16-24)22(31)28(4)5)26-17-19-11-13-20(14-12-19)21(30)29(7-2)8-3/h11-14H,6-10,15-18H2,1-5H3,(H2,25,26,27). The Hall–Kier alpha value is -2.57. The van der Waals surface area contributed by atoms with E-state index in [9.17, 15) is 9.59 Å². The molecule has 1 fully saturated rings. The first-order valence-corrected chi connectivity index (χ1v) is 11.5. The molecule has 1 saturated carbocycles. The minimum atomic E-state index is -0.341. The van der Waals surface area contributed by atoms with Gasteiger partial charge in [-0.2, -0.15) is 0 Å². The zero-order chi connectivity index (χ0) is 22.9. The lowest BCUT2D eigenvalue weighted by atomic mass is 9.84. The molecule has 31 heavy (non-hydrogen) atoms. The molecule has 0 radical (unpaired) electrons. The molecule has 0 spiro atoms. The number of rotatable bonds is 9. The molecular formula is C24H39N5O2. The molecule has 0 unspecified atom stereocenters. The average molecular weight is 430 g/mol. The molecule has 7 nitrogen and oxygen atoms in total. The summed E-state index contributed by atoms with van der Waals surface area (Å²) in [7, 11) is 3.66. The van der Waals surface area contributed by atoms with Crippen LogP contribution in [0.25, 0.3) is 0 Å². The molecule has 0 aliphatic heterocycles. The van der Waals surface area contributed by atoms with Gasteiger partial charge in [0, 0.05) is 45.8 Å². The highest BCUT2D eigenvalue weighted by Gasteiger charge is 2.42. The van der Waals surface area contributed by atoms with Gasteiger partial charge in [0.1, 0.15) is 0 Å². The van der Waals surface area contributed by atoms with Crippen molar-refractivity contribution in [1.82, 2.24) is 20.4 Å². The Morgan fingerprint density at radius 2 is 1.61 bits per heavy atom. The predicted molar refractivity (Wildman–Crippen MR) is 126 cm³/mol. The Balaban J connectivity index is 2.04. The monoisotopic (exact) mass is 429 g/mol. The first kappa shape index (κ1) is 24.7. The normalized spacial score (nSPS) is 15.5. The van der Waals surface area contributed by atoms with E-state index in [1.54, 1.807) is 4.90 Å². The van der Waals surface area contributed by atoms with Crippen LogP contribution in [0, 0.1) is 5.41 Å². The van der Waals surface area contributed by atoms with E-state index >= 15 is 0 Å². The van der Waals surface area contributed by atoms with Crippen LogP contribution in [0.1, 0.15) is 62.4 Å². The molecule has 1 aromatic carbocycles. The number of hydrogen-bond donors (Lipinski definition) is 2. The van der Waals surface area contributed by atoms with Crippen molar-refractivity contribution in [3.05, 3.63) is 35.4 Å². The van der Waals surface area contributed by atoms with Crippen LogP contribution in [-0.4, -0.2) is 67.8 Å². The lowest BCUT2D eigenvalue weighted by Gasteiger charge is -2.31. The van der Waals surface area contributed by atoms with Gasteiger partial charge in [-0.15, -0.1) is 0 Å². The molecule has 7 heteroatoms. The molecular weight excluding hydrogens is 390 g/mol. The fourth-order valence-corrected chi connectivity index (χ4v) is 4.20. The minimum Gasteiger partial charge on any atom is -0.357 e. The molecule has 0 heterocycles. The lowest BCUT2D eigenvalue weighted by molar-refractivity contribution is -0.138. The SMILES string of the molecule is CCNC(=NCc1ccc(C(=O)N(CC)CC)cc1)NCC1(C(=O)N(C)C)CCCC1. The van der Waals surface area contributed by atoms with Crippen molar-refractivity contribution in [3.8, 4) is 0 Å². The van der Waals surface area contributed by atoms with E-state index in [0.717, 1.165) is 37.8 Å². The molecule has 2 amide bonds. The van der Waals surface area contributed by atoms with Gasteiger partial charge in [-0.05, 0) is 51.3 Å². The van der Waals surface area contributed by atoms with Crippen molar-refractivity contribution in [2.45, 2.75) is 53.0 Å². The largest absolute Gasteiger partial charge is 0.357 e. The summed E-state index contributed by atoms with van der Waals surface area (Å²) in [6, 6.07) is 7.65. The molecule has 0 atom stereocenters. The van der Waals surface area contributed by atoms with Crippen LogP contribution in [0.4, 0.5) is 0 Å². The summed E-state index contributed by atoms with van der Waals surface area (Å²) in [6.07, 6.45) is 4.01. The summed E-state index contributed by atoms with van der Waals surface area (Å²) in [5.74, 6) is 0.966. The Kier molecular flexibility index (Phi) is 9.34. The van der Waals surface area contributed by atoms with Crippen molar-refractivity contribution < 1.29 is 9.59 Å². The molecule has 0 aromatic heterocycles. The third-order valence-electron chi connectivity index (χ3n) is 6.03. The van der Waals surface area contributed by atoms with Gasteiger partial charge in [0.2, 0.25) is 5.91 Å². The molecule has 0 saturated heterocycles. The molecule has 1 aromatic rings. The first-order chi connectivity index (χ1) is 14.9. The van der Waals surface area contributed by atoms with E-state index in [4.69, 9.17) is 4.99 Å². The second kappa shape index (κ2) is 11.7. The predicted octanol–water partition coefficient (Wildman–Crippen LogP) is 2.87. The minimum absolute atomic E-state index is 0.0578. The molecule has 2 N–H and O–H groups in total. The van der Waals surface area contributed by atoms with Gasteiger partial charge >= 0.3 is 0 Å². The maximum absolute atomic E-state index is 12.8. The van der Waals surface area contributed by atoms with Gasteiger partial charge in [-0.1, -0.05) is 25.0 Å². The van der Waals surface area contributed by atoms with Crippen LogP contribution < -0.4 is 10.6 Å². The smallest absolute Gasteiger partial charge is 0.253 e. The van der Waals surface area contributed by atoms with Gasteiger partial charge in [0.25, 0.3) is 5.91 Å². The Bertz CT molecular complexity index is 748. The molecule has 1 aliphatic rings. The highest BCUT2D eigenvalue weighted by molar-refractivity contribution is 5.94. The number of carbonyl (C=O) groups is 2. The Labute approximate surface area is 187 Å². The maximum atomic E-state index is 12.8. The van der Waals surface area contributed by atoms with Crippen LogP contribution in [0.2, 0.25) is 0 Å². The second-order valence-corrected chi connectivity index (χ2v) is 8.41. The third kappa shape index (κ3) is 6.45. The highest BCUT2D eigenvalue weighted by atomic mass is 16.2. The van der Waals surface area contributed by atoms with E-state index in [-0.39, 0.29) is 17.2 Å². The van der Waals surface area contributed by atoms with Gasteiger partial charge in [-0.25, -0.2) is 4.99 Å². The Morgan fingerprint density at radius 3 is 2.13 bits per heavy atom. The fraction of sp³-hybridized carbons (Fsp3) is 0.625. The van der Waals surface area contributed by atoms with Crippen LogP contribution in [0.3, 0.4) is 0 Å². The maximum Gasteiger partial charge on any atom is 0.253 e. The lowest BCUT2D eigenvalue weighted by Crippen LogP contribution is -2.49. The number of carbonyl (C=O) groups excluding carboxylic acids is 2. The van der Waals surface area contributed by atoms with Crippen molar-refractivity contribution in [2.75, 3.05) is 40.3 Å². The number of nitrogens with one attached hydrogen (secondary N) is 2. The average Bonchev–Trinajstić information content (AvgIpc) is 3.26. The highest BCUT2D eigenvalue weighted by Crippen LogP contribution is 2.38. The summed E-state index contributed by atoms with van der Waals surface area (Å²) < 4.78 is 0. The summed E-state index contributed by atoms with van der Waals surface area (Å²) in [4.78, 5) is 33.5. The molecule has 2 rings (SSSR count). The van der Waals surface area contributed by atoms with Crippen molar-refractivity contribution >= 4 is 17.8 Å². The van der Waals surface area contributed by atoms with E-state index in [1.165, 1.54) is 0 Å². The summed E-state index contributed by atoms with van der Waals surface area (Å²) in [5.41, 5.74) is 1.40. The zero-order valence-electron chi connectivity index (χ0n) is 19.8.